The van der Waals surface area contributed by atoms with E-state index >= 15 is 0 Å². The van der Waals surface area contributed by atoms with E-state index in [1.54, 1.807) is 6.20 Å². The summed E-state index contributed by atoms with van der Waals surface area (Å²) in [6.07, 6.45) is 5.81. The van der Waals surface area contributed by atoms with Crippen LogP contribution in [0.15, 0.2) is 18.3 Å². The molecule has 1 saturated carbocycles. The van der Waals surface area contributed by atoms with Crippen molar-refractivity contribution >= 4 is 5.69 Å². The largest absolute Gasteiger partial charge is 0.397 e. The highest BCUT2D eigenvalue weighted by Crippen LogP contribution is 2.39. The molecule has 0 unspecified atom stereocenters. The van der Waals surface area contributed by atoms with Gasteiger partial charge >= 0.3 is 0 Å². The van der Waals surface area contributed by atoms with Gasteiger partial charge in [-0.15, -0.1) is 0 Å². The van der Waals surface area contributed by atoms with Crippen molar-refractivity contribution in [3.05, 3.63) is 24.0 Å². The second-order valence-electron chi connectivity index (χ2n) is 4.85. The maximum absolute atomic E-state index is 5.57. The van der Waals surface area contributed by atoms with E-state index in [-0.39, 0.29) is 0 Å². The van der Waals surface area contributed by atoms with E-state index < -0.39 is 0 Å². The summed E-state index contributed by atoms with van der Waals surface area (Å²) in [5.41, 5.74) is 7.90. The molecule has 0 amide bonds. The van der Waals surface area contributed by atoms with Crippen LogP contribution in [0.25, 0.3) is 0 Å². The van der Waals surface area contributed by atoms with Crippen molar-refractivity contribution in [1.82, 2.24) is 10.3 Å². The van der Waals surface area contributed by atoms with Gasteiger partial charge in [0, 0.05) is 13.1 Å². The molecule has 82 valence electrons. The molecule has 0 atom stereocenters. The summed E-state index contributed by atoms with van der Waals surface area (Å²) in [6, 6.07) is 3.88. The van der Waals surface area contributed by atoms with Gasteiger partial charge in [0.25, 0.3) is 0 Å². The highest BCUT2D eigenvalue weighted by atomic mass is 14.9. The zero-order valence-electron chi connectivity index (χ0n) is 9.29. The summed E-state index contributed by atoms with van der Waals surface area (Å²) in [5.74, 6) is 0. The van der Waals surface area contributed by atoms with Crippen LogP contribution in [-0.4, -0.2) is 11.5 Å². The number of pyridine rings is 1. The van der Waals surface area contributed by atoms with Crippen molar-refractivity contribution in [2.45, 2.75) is 32.7 Å². The first-order valence-electron chi connectivity index (χ1n) is 5.59. The Balaban J connectivity index is 1.76. The molecule has 0 bridgehead atoms. The number of rotatable bonds is 4. The van der Waals surface area contributed by atoms with E-state index in [4.69, 9.17) is 5.73 Å². The number of aromatic nitrogens is 1. The molecule has 1 fully saturated rings. The molecule has 1 aliphatic carbocycles. The van der Waals surface area contributed by atoms with E-state index in [1.165, 1.54) is 19.3 Å². The molecule has 3 nitrogen and oxygen atoms in total. The van der Waals surface area contributed by atoms with Crippen molar-refractivity contribution in [2.75, 3.05) is 12.3 Å². The Bertz CT molecular complexity index is 314. The van der Waals surface area contributed by atoms with Crippen molar-refractivity contribution in [3.8, 4) is 0 Å². The minimum Gasteiger partial charge on any atom is -0.397 e. The molecule has 1 aliphatic rings. The summed E-state index contributed by atoms with van der Waals surface area (Å²) in [4.78, 5) is 4.25. The van der Waals surface area contributed by atoms with Crippen molar-refractivity contribution in [2.24, 2.45) is 5.41 Å². The van der Waals surface area contributed by atoms with E-state index in [1.807, 2.05) is 12.1 Å². The molecule has 0 radical (unpaired) electrons. The molecule has 2 rings (SSSR count). The summed E-state index contributed by atoms with van der Waals surface area (Å²) >= 11 is 0. The normalized spacial score (nSPS) is 18.5. The summed E-state index contributed by atoms with van der Waals surface area (Å²) in [5, 5.41) is 3.46. The predicted octanol–water partition coefficient (Wildman–Crippen LogP) is 1.94. The minimum absolute atomic E-state index is 0.536. The van der Waals surface area contributed by atoms with Gasteiger partial charge in [-0.2, -0.15) is 0 Å². The van der Waals surface area contributed by atoms with Gasteiger partial charge in [0.15, 0.2) is 0 Å². The Morgan fingerprint density at radius 2 is 2.27 bits per heavy atom. The van der Waals surface area contributed by atoms with E-state index in [0.29, 0.717) is 5.41 Å². The third-order valence-electron chi connectivity index (χ3n) is 3.27. The van der Waals surface area contributed by atoms with Gasteiger partial charge in [-0.3, -0.25) is 4.98 Å². The third kappa shape index (κ3) is 2.69. The Kier molecular flexibility index (Phi) is 2.91. The first-order chi connectivity index (χ1) is 7.18. The maximum atomic E-state index is 5.57. The van der Waals surface area contributed by atoms with Crippen LogP contribution in [-0.2, 0) is 6.54 Å². The Hall–Kier alpha value is -1.09. The average Bonchev–Trinajstić information content (AvgIpc) is 2.19. The number of nitrogens with one attached hydrogen (secondary N) is 1. The number of nitrogens with zero attached hydrogens (tertiary/aromatic N) is 1. The Morgan fingerprint density at radius 1 is 1.47 bits per heavy atom. The molecule has 1 aromatic rings. The fraction of sp³-hybridized carbons (Fsp3) is 0.583. The maximum Gasteiger partial charge on any atom is 0.0543 e. The van der Waals surface area contributed by atoms with E-state index in [9.17, 15) is 0 Å². The van der Waals surface area contributed by atoms with Gasteiger partial charge in [0.2, 0.25) is 0 Å². The fourth-order valence-electron chi connectivity index (χ4n) is 1.99. The summed E-state index contributed by atoms with van der Waals surface area (Å²) in [6.45, 7) is 4.29. The fourth-order valence-corrected chi connectivity index (χ4v) is 1.99. The number of nitrogen functional groups attached to an aromatic ring is 1. The lowest BCUT2D eigenvalue weighted by Gasteiger charge is -2.38. The van der Waals surface area contributed by atoms with Gasteiger partial charge in [-0.1, -0.05) is 13.3 Å². The second kappa shape index (κ2) is 4.19. The monoisotopic (exact) mass is 205 g/mol. The van der Waals surface area contributed by atoms with Gasteiger partial charge in [-0.05, 0) is 30.4 Å². The lowest BCUT2D eigenvalue weighted by atomic mass is 9.70. The van der Waals surface area contributed by atoms with Crippen molar-refractivity contribution in [3.63, 3.8) is 0 Å². The molecular weight excluding hydrogens is 186 g/mol. The van der Waals surface area contributed by atoms with Crippen LogP contribution in [0.4, 0.5) is 5.69 Å². The SMILES string of the molecule is CC1(CNCc2ccc(N)cn2)CCC1. The van der Waals surface area contributed by atoms with Crippen molar-refractivity contribution in [1.29, 1.82) is 0 Å². The zero-order valence-corrected chi connectivity index (χ0v) is 9.29. The van der Waals surface area contributed by atoms with Gasteiger partial charge in [0.05, 0.1) is 17.6 Å². The molecular formula is C12H19N3. The number of nitrogens with two attached hydrogens (primary N) is 1. The summed E-state index contributed by atoms with van der Waals surface area (Å²) < 4.78 is 0. The van der Waals surface area contributed by atoms with Crippen LogP contribution in [0, 0.1) is 5.41 Å². The first kappa shape index (κ1) is 10.4. The first-order valence-corrected chi connectivity index (χ1v) is 5.59. The molecule has 3 N–H and O–H groups in total. The molecule has 0 aliphatic heterocycles. The van der Waals surface area contributed by atoms with Crippen molar-refractivity contribution < 1.29 is 0 Å². The smallest absolute Gasteiger partial charge is 0.0543 e. The van der Waals surface area contributed by atoms with Crippen LogP contribution in [0.5, 0.6) is 0 Å². The van der Waals surface area contributed by atoms with Crippen LogP contribution in [0.2, 0.25) is 0 Å². The number of hydrogen-bond donors (Lipinski definition) is 2. The number of hydrogen-bond acceptors (Lipinski definition) is 3. The summed E-state index contributed by atoms with van der Waals surface area (Å²) in [7, 11) is 0. The lowest BCUT2D eigenvalue weighted by molar-refractivity contribution is 0.156. The Labute approximate surface area is 91.1 Å². The van der Waals surface area contributed by atoms with Crippen LogP contribution in [0.1, 0.15) is 31.9 Å². The standard InChI is InChI=1S/C12H19N3/c1-12(5-2-6-12)9-14-8-11-4-3-10(13)7-15-11/h3-4,7,14H,2,5-6,8-9,13H2,1H3. The molecule has 1 aromatic heterocycles. The molecule has 0 saturated heterocycles. The van der Waals surface area contributed by atoms with Gasteiger partial charge in [-0.25, -0.2) is 0 Å². The topological polar surface area (TPSA) is 50.9 Å². The lowest BCUT2D eigenvalue weighted by Crippen LogP contribution is -2.37. The average molecular weight is 205 g/mol. The van der Waals surface area contributed by atoms with E-state index in [0.717, 1.165) is 24.5 Å². The van der Waals surface area contributed by atoms with Crippen LogP contribution in [0.3, 0.4) is 0 Å². The third-order valence-corrected chi connectivity index (χ3v) is 3.27. The molecule has 15 heavy (non-hydrogen) atoms. The van der Waals surface area contributed by atoms with Gasteiger partial charge < -0.3 is 11.1 Å². The minimum atomic E-state index is 0.536. The molecule has 3 heteroatoms. The second-order valence-corrected chi connectivity index (χ2v) is 4.85. The highest BCUT2D eigenvalue weighted by molar-refractivity contribution is 5.34. The molecule has 0 spiro atoms. The van der Waals surface area contributed by atoms with Crippen LogP contribution >= 0.6 is 0 Å². The molecule has 1 heterocycles. The number of anilines is 1. The Morgan fingerprint density at radius 3 is 2.80 bits per heavy atom. The zero-order chi connectivity index (χ0) is 10.7. The highest BCUT2D eigenvalue weighted by Gasteiger charge is 2.30. The van der Waals surface area contributed by atoms with Gasteiger partial charge in [0.1, 0.15) is 0 Å². The predicted molar refractivity (Wildman–Crippen MR) is 62.3 cm³/mol. The quantitative estimate of drug-likeness (QED) is 0.790. The van der Waals surface area contributed by atoms with Crippen LogP contribution < -0.4 is 11.1 Å². The molecule has 0 aromatic carbocycles. The van der Waals surface area contributed by atoms with E-state index in [2.05, 4.69) is 17.2 Å².